The first kappa shape index (κ1) is 14.3. The maximum atomic E-state index is 3.74. The third-order valence-corrected chi connectivity index (χ3v) is 5.02. The van der Waals surface area contributed by atoms with Crippen molar-refractivity contribution in [3.63, 3.8) is 0 Å². The van der Waals surface area contributed by atoms with E-state index >= 15 is 0 Å². The summed E-state index contributed by atoms with van der Waals surface area (Å²) in [6.07, 6.45) is 11.4. The molecule has 0 aromatic heterocycles. The van der Waals surface area contributed by atoms with Crippen LogP contribution in [0.1, 0.15) is 65.2 Å². The Morgan fingerprint density at radius 3 is 2.56 bits per heavy atom. The van der Waals surface area contributed by atoms with Crippen LogP contribution in [0.3, 0.4) is 0 Å². The zero-order chi connectivity index (χ0) is 12.8. The molecule has 1 N–H and O–H groups in total. The van der Waals surface area contributed by atoms with Crippen LogP contribution >= 0.6 is 0 Å². The highest BCUT2D eigenvalue weighted by molar-refractivity contribution is 4.85. The predicted molar refractivity (Wildman–Crippen MR) is 78.9 cm³/mol. The van der Waals surface area contributed by atoms with E-state index in [0.717, 1.165) is 18.0 Å². The smallest absolute Gasteiger partial charge is 0.0218 e. The summed E-state index contributed by atoms with van der Waals surface area (Å²) in [6, 6.07) is 1.54. The van der Waals surface area contributed by atoms with Gasteiger partial charge in [0.15, 0.2) is 0 Å². The molecule has 0 bridgehead atoms. The molecule has 1 heterocycles. The number of nitrogens with zero attached hydrogens (tertiary/aromatic N) is 1. The number of nitrogens with one attached hydrogen (secondary N) is 1. The van der Waals surface area contributed by atoms with Crippen molar-refractivity contribution < 1.29 is 0 Å². The van der Waals surface area contributed by atoms with Crippen LogP contribution in [-0.2, 0) is 0 Å². The molecule has 0 aromatic carbocycles. The van der Waals surface area contributed by atoms with E-state index in [1.54, 1.807) is 0 Å². The Kier molecular flexibility index (Phi) is 5.97. The molecule has 2 fully saturated rings. The number of piperazine rings is 1. The molecule has 0 aromatic rings. The topological polar surface area (TPSA) is 15.3 Å². The van der Waals surface area contributed by atoms with Crippen molar-refractivity contribution in [1.82, 2.24) is 10.2 Å². The second-order valence-electron chi connectivity index (χ2n) is 6.39. The second kappa shape index (κ2) is 7.49. The van der Waals surface area contributed by atoms with Gasteiger partial charge in [0.2, 0.25) is 0 Å². The minimum absolute atomic E-state index is 0.751. The van der Waals surface area contributed by atoms with Crippen LogP contribution < -0.4 is 5.32 Å². The van der Waals surface area contributed by atoms with Gasteiger partial charge in [-0.3, -0.25) is 4.90 Å². The highest BCUT2D eigenvalue weighted by Crippen LogP contribution is 2.28. The molecule has 1 saturated carbocycles. The van der Waals surface area contributed by atoms with Crippen LogP contribution in [-0.4, -0.2) is 36.6 Å². The van der Waals surface area contributed by atoms with E-state index in [1.807, 2.05) is 0 Å². The Morgan fingerprint density at radius 1 is 1.11 bits per heavy atom. The molecule has 2 rings (SSSR count). The van der Waals surface area contributed by atoms with Crippen molar-refractivity contribution in [3.8, 4) is 0 Å². The molecule has 2 unspecified atom stereocenters. The summed E-state index contributed by atoms with van der Waals surface area (Å²) >= 11 is 0. The molecule has 1 saturated heterocycles. The number of rotatable bonds is 6. The normalized spacial score (nSPS) is 31.0. The van der Waals surface area contributed by atoms with Crippen LogP contribution in [0.25, 0.3) is 0 Å². The lowest BCUT2D eigenvalue weighted by Crippen LogP contribution is -2.56. The molecule has 1 aliphatic heterocycles. The minimum atomic E-state index is 0.751. The SMILES string of the molecule is CCCC1CN(CCC2CCCC2)C(CC)CN1. The highest BCUT2D eigenvalue weighted by atomic mass is 15.2. The number of hydrogen-bond acceptors (Lipinski definition) is 2. The van der Waals surface area contributed by atoms with Gasteiger partial charge in [-0.1, -0.05) is 46.0 Å². The molecule has 106 valence electrons. The molecule has 2 atom stereocenters. The zero-order valence-electron chi connectivity index (χ0n) is 12.5. The molecule has 2 nitrogen and oxygen atoms in total. The fourth-order valence-electron chi connectivity index (χ4n) is 3.79. The Balaban J connectivity index is 1.77. The maximum absolute atomic E-state index is 3.74. The Morgan fingerprint density at radius 2 is 1.89 bits per heavy atom. The lowest BCUT2D eigenvalue weighted by atomic mass is 10.00. The first-order valence-corrected chi connectivity index (χ1v) is 8.30. The second-order valence-corrected chi connectivity index (χ2v) is 6.39. The van der Waals surface area contributed by atoms with E-state index in [-0.39, 0.29) is 0 Å². The Bertz CT molecular complexity index is 223. The van der Waals surface area contributed by atoms with E-state index in [2.05, 4.69) is 24.1 Å². The van der Waals surface area contributed by atoms with Gasteiger partial charge in [-0.05, 0) is 31.7 Å². The molecule has 2 aliphatic rings. The van der Waals surface area contributed by atoms with Crippen molar-refractivity contribution in [2.24, 2.45) is 5.92 Å². The van der Waals surface area contributed by atoms with Crippen LogP contribution in [0.15, 0.2) is 0 Å². The molecule has 0 amide bonds. The van der Waals surface area contributed by atoms with E-state index in [0.29, 0.717) is 0 Å². The van der Waals surface area contributed by atoms with Gasteiger partial charge in [-0.25, -0.2) is 0 Å². The van der Waals surface area contributed by atoms with Crippen molar-refractivity contribution in [2.75, 3.05) is 19.6 Å². The molecule has 0 radical (unpaired) electrons. The monoisotopic (exact) mass is 252 g/mol. The average molecular weight is 252 g/mol. The minimum Gasteiger partial charge on any atom is -0.311 e. The van der Waals surface area contributed by atoms with E-state index in [1.165, 1.54) is 71.0 Å². The molecule has 0 spiro atoms. The quantitative estimate of drug-likeness (QED) is 0.779. The van der Waals surface area contributed by atoms with E-state index in [4.69, 9.17) is 0 Å². The van der Waals surface area contributed by atoms with Gasteiger partial charge in [-0.2, -0.15) is 0 Å². The van der Waals surface area contributed by atoms with Gasteiger partial charge in [0.25, 0.3) is 0 Å². The highest BCUT2D eigenvalue weighted by Gasteiger charge is 2.26. The average Bonchev–Trinajstić information content (AvgIpc) is 2.90. The predicted octanol–water partition coefficient (Wildman–Crippen LogP) is 3.42. The van der Waals surface area contributed by atoms with Crippen molar-refractivity contribution in [1.29, 1.82) is 0 Å². The van der Waals surface area contributed by atoms with Gasteiger partial charge >= 0.3 is 0 Å². The van der Waals surface area contributed by atoms with Gasteiger partial charge in [0.1, 0.15) is 0 Å². The first-order chi connectivity index (χ1) is 8.83. The largest absolute Gasteiger partial charge is 0.311 e. The van der Waals surface area contributed by atoms with Gasteiger partial charge < -0.3 is 5.32 Å². The summed E-state index contributed by atoms with van der Waals surface area (Å²) in [5, 5.41) is 3.74. The summed E-state index contributed by atoms with van der Waals surface area (Å²) in [5.74, 6) is 1.04. The van der Waals surface area contributed by atoms with E-state index in [9.17, 15) is 0 Å². The lowest BCUT2D eigenvalue weighted by Gasteiger charge is -2.40. The van der Waals surface area contributed by atoms with Crippen molar-refractivity contribution in [3.05, 3.63) is 0 Å². The third kappa shape index (κ3) is 3.96. The molecule has 1 aliphatic carbocycles. The molecule has 18 heavy (non-hydrogen) atoms. The summed E-state index contributed by atoms with van der Waals surface area (Å²) in [7, 11) is 0. The fourth-order valence-corrected chi connectivity index (χ4v) is 3.79. The molecule has 2 heteroatoms. The number of hydrogen-bond donors (Lipinski definition) is 1. The standard InChI is InChI=1S/C16H32N2/c1-3-7-15-13-18(16(4-2)12-17-15)11-10-14-8-5-6-9-14/h14-17H,3-13H2,1-2H3. The summed E-state index contributed by atoms with van der Waals surface area (Å²) in [5.41, 5.74) is 0. The van der Waals surface area contributed by atoms with Gasteiger partial charge in [0, 0.05) is 25.2 Å². The Hall–Kier alpha value is -0.0800. The van der Waals surface area contributed by atoms with Gasteiger partial charge in [0.05, 0.1) is 0 Å². The van der Waals surface area contributed by atoms with Crippen LogP contribution in [0.4, 0.5) is 0 Å². The molecular weight excluding hydrogens is 220 g/mol. The summed E-state index contributed by atoms with van der Waals surface area (Å²) in [4.78, 5) is 2.79. The Labute approximate surface area is 114 Å². The molecular formula is C16H32N2. The fraction of sp³-hybridized carbons (Fsp3) is 1.00. The van der Waals surface area contributed by atoms with Crippen LogP contribution in [0.2, 0.25) is 0 Å². The zero-order valence-corrected chi connectivity index (χ0v) is 12.5. The lowest BCUT2D eigenvalue weighted by molar-refractivity contribution is 0.115. The van der Waals surface area contributed by atoms with Crippen LogP contribution in [0.5, 0.6) is 0 Å². The van der Waals surface area contributed by atoms with Crippen molar-refractivity contribution >= 4 is 0 Å². The maximum Gasteiger partial charge on any atom is 0.0218 e. The summed E-state index contributed by atoms with van der Waals surface area (Å²) < 4.78 is 0. The van der Waals surface area contributed by atoms with E-state index < -0.39 is 0 Å². The van der Waals surface area contributed by atoms with Crippen molar-refractivity contribution in [2.45, 2.75) is 77.3 Å². The van der Waals surface area contributed by atoms with Crippen LogP contribution in [0, 0.1) is 5.92 Å². The summed E-state index contributed by atoms with van der Waals surface area (Å²) in [6.45, 7) is 8.50. The first-order valence-electron chi connectivity index (χ1n) is 8.30. The van der Waals surface area contributed by atoms with Gasteiger partial charge in [-0.15, -0.1) is 0 Å². The third-order valence-electron chi connectivity index (χ3n) is 5.02.